The minimum atomic E-state index is -0.366. The van der Waals surface area contributed by atoms with Gasteiger partial charge in [-0.05, 0) is 31.0 Å². The molecule has 0 aliphatic carbocycles. The number of piperidine rings is 1. The molecule has 1 aromatic rings. The van der Waals surface area contributed by atoms with Gasteiger partial charge < -0.3 is 19.9 Å². The number of hydrogen-bond acceptors (Lipinski definition) is 4. The highest BCUT2D eigenvalue weighted by Crippen LogP contribution is 2.31. The van der Waals surface area contributed by atoms with Crippen LogP contribution >= 0.6 is 0 Å². The van der Waals surface area contributed by atoms with Gasteiger partial charge in [0.15, 0.2) is 0 Å². The SMILES string of the molecule is CC(=O)Nc1cccc(C(=O)N2CCOC3(CCN(C(C)=O)CC3)C2)c1. The number of ether oxygens (including phenoxy) is 1. The number of rotatable bonds is 2. The largest absolute Gasteiger partial charge is 0.371 e. The predicted molar refractivity (Wildman–Crippen MR) is 96.8 cm³/mol. The predicted octanol–water partition coefficient (Wildman–Crippen LogP) is 1.50. The minimum absolute atomic E-state index is 0.0612. The van der Waals surface area contributed by atoms with Crippen molar-refractivity contribution < 1.29 is 19.1 Å². The van der Waals surface area contributed by atoms with Gasteiger partial charge in [-0.15, -0.1) is 0 Å². The lowest BCUT2D eigenvalue weighted by Crippen LogP contribution is -2.58. The van der Waals surface area contributed by atoms with Gasteiger partial charge in [-0.1, -0.05) is 6.07 Å². The number of carbonyl (C=O) groups is 3. The molecule has 0 atom stereocenters. The number of likely N-dealkylation sites (tertiary alicyclic amines) is 1. The van der Waals surface area contributed by atoms with Crippen molar-refractivity contribution in [2.45, 2.75) is 32.3 Å². The molecule has 140 valence electrons. The summed E-state index contributed by atoms with van der Waals surface area (Å²) in [4.78, 5) is 39.3. The zero-order chi connectivity index (χ0) is 18.7. The van der Waals surface area contributed by atoms with Crippen LogP contribution in [0.15, 0.2) is 24.3 Å². The topological polar surface area (TPSA) is 79.0 Å². The van der Waals surface area contributed by atoms with E-state index in [4.69, 9.17) is 4.74 Å². The molecule has 3 amide bonds. The second kappa shape index (κ2) is 7.45. The van der Waals surface area contributed by atoms with Crippen LogP contribution in [-0.4, -0.2) is 65.9 Å². The molecule has 0 bridgehead atoms. The average molecular weight is 359 g/mol. The normalized spacial score (nSPS) is 19.3. The summed E-state index contributed by atoms with van der Waals surface area (Å²) >= 11 is 0. The van der Waals surface area contributed by atoms with E-state index in [1.165, 1.54) is 6.92 Å². The van der Waals surface area contributed by atoms with E-state index in [9.17, 15) is 14.4 Å². The molecule has 2 aliphatic heterocycles. The van der Waals surface area contributed by atoms with E-state index < -0.39 is 0 Å². The Hall–Kier alpha value is -2.41. The molecular weight excluding hydrogens is 334 g/mol. The molecule has 7 heteroatoms. The summed E-state index contributed by atoms with van der Waals surface area (Å²) in [6, 6.07) is 6.98. The zero-order valence-electron chi connectivity index (χ0n) is 15.3. The fourth-order valence-corrected chi connectivity index (χ4v) is 3.67. The Morgan fingerprint density at radius 3 is 2.46 bits per heavy atom. The number of morpholine rings is 1. The monoisotopic (exact) mass is 359 g/mol. The van der Waals surface area contributed by atoms with Crippen LogP contribution in [0, 0.1) is 0 Å². The van der Waals surface area contributed by atoms with Gasteiger partial charge in [-0.3, -0.25) is 14.4 Å². The Labute approximate surface area is 153 Å². The first-order valence-electron chi connectivity index (χ1n) is 8.95. The van der Waals surface area contributed by atoms with Crippen molar-refractivity contribution in [3.63, 3.8) is 0 Å². The third kappa shape index (κ3) is 4.04. The van der Waals surface area contributed by atoms with Crippen molar-refractivity contribution >= 4 is 23.4 Å². The maximum Gasteiger partial charge on any atom is 0.254 e. The molecule has 2 saturated heterocycles. The van der Waals surface area contributed by atoms with E-state index in [-0.39, 0.29) is 23.3 Å². The maximum absolute atomic E-state index is 12.9. The van der Waals surface area contributed by atoms with Crippen LogP contribution in [0.2, 0.25) is 0 Å². The van der Waals surface area contributed by atoms with Gasteiger partial charge in [0.25, 0.3) is 5.91 Å². The van der Waals surface area contributed by atoms with Gasteiger partial charge in [0.05, 0.1) is 18.8 Å². The van der Waals surface area contributed by atoms with Gasteiger partial charge >= 0.3 is 0 Å². The lowest BCUT2D eigenvalue weighted by atomic mass is 9.89. The highest BCUT2D eigenvalue weighted by Gasteiger charge is 2.41. The molecule has 0 unspecified atom stereocenters. The number of nitrogens with one attached hydrogen (secondary N) is 1. The average Bonchev–Trinajstić information content (AvgIpc) is 2.61. The Kier molecular flexibility index (Phi) is 5.27. The number of benzene rings is 1. The summed E-state index contributed by atoms with van der Waals surface area (Å²) in [6.07, 6.45) is 1.48. The summed E-state index contributed by atoms with van der Waals surface area (Å²) in [6.45, 7) is 5.91. The van der Waals surface area contributed by atoms with Crippen LogP contribution in [0.4, 0.5) is 5.69 Å². The zero-order valence-corrected chi connectivity index (χ0v) is 15.3. The second-order valence-corrected chi connectivity index (χ2v) is 7.03. The van der Waals surface area contributed by atoms with E-state index in [0.29, 0.717) is 44.0 Å². The number of carbonyl (C=O) groups excluding carboxylic acids is 3. The Balaban J connectivity index is 1.69. The molecule has 26 heavy (non-hydrogen) atoms. The first-order chi connectivity index (χ1) is 12.4. The summed E-state index contributed by atoms with van der Waals surface area (Å²) in [5.41, 5.74) is 0.797. The smallest absolute Gasteiger partial charge is 0.254 e. The minimum Gasteiger partial charge on any atom is -0.371 e. The first kappa shape index (κ1) is 18.4. The number of amides is 3. The maximum atomic E-state index is 12.9. The van der Waals surface area contributed by atoms with Gasteiger partial charge in [0.2, 0.25) is 11.8 Å². The molecule has 1 N–H and O–H groups in total. The molecule has 7 nitrogen and oxygen atoms in total. The molecule has 2 aliphatic rings. The summed E-state index contributed by atoms with van der Waals surface area (Å²) < 4.78 is 6.04. The van der Waals surface area contributed by atoms with Crippen molar-refractivity contribution in [1.29, 1.82) is 0 Å². The fourth-order valence-electron chi connectivity index (χ4n) is 3.67. The van der Waals surface area contributed by atoms with Crippen molar-refractivity contribution in [2.75, 3.05) is 38.1 Å². The molecule has 3 rings (SSSR count). The highest BCUT2D eigenvalue weighted by atomic mass is 16.5. The van der Waals surface area contributed by atoms with Crippen molar-refractivity contribution in [3.8, 4) is 0 Å². The molecule has 0 saturated carbocycles. The van der Waals surface area contributed by atoms with Crippen molar-refractivity contribution in [3.05, 3.63) is 29.8 Å². The highest BCUT2D eigenvalue weighted by molar-refractivity contribution is 5.97. The van der Waals surface area contributed by atoms with Crippen molar-refractivity contribution in [1.82, 2.24) is 9.80 Å². The third-order valence-electron chi connectivity index (χ3n) is 5.09. The Morgan fingerprint density at radius 1 is 1.08 bits per heavy atom. The molecule has 0 radical (unpaired) electrons. The van der Waals surface area contributed by atoms with Crippen LogP contribution in [0.5, 0.6) is 0 Å². The van der Waals surface area contributed by atoms with Crippen LogP contribution in [-0.2, 0) is 14.3 Å². The second-order valence-electron chi connectivity index (χ2n) is 7.03. The fraction of sp³-hybridized carbons (Fsp3) is 0.526. The quantitative estimate of drug-likeness (QED) is 0.868. The summed E-state index contributed by atoms with van der Waals surface area (Å²) in [5.74, 6) is -0.149. The molecular formula is C19H25N3O4. The van der Waals surface area contributed by atoms with Crippen molar-refractivity contribution in [2.24, 2.45) is 0 Å². The first-order valence-corrected chi connectivity index (χ1v) is 8.95. The number of nitrogens with zero attached hydrogens (tertiary/aromatic N) is 2. The standard InChI is InChI=1S/C19H25N3O4/c1-14(23)20-17-5-3-4-16(12-17)18(25)22-10-11-26-19(13-22)6-8-21(9-7-19)15(2)24/h3-5,12H,6-11,13H2,1-2H3,(H,20,23). The molecule has 2 fully saturated rings. The van der Waals surface area contributed by atoms with E-state index in [1.807, 2.05) is 9.80 Å². The lowest BCUT2D eigenvalue weighted by Gasteiger charge is -2.47. The van der Waals surface area contributed by atoms with Gasteiger partial charge in [-0.2, -0.15) is 0 Å². The molecule has 0 aromatic heterocycles. The third-order valence-corrected chi connectivity index (χ3v) is 5.09. The van der Waals surface area contributed by atoms with Gasteiger partial charge in [0, 0.05) is 44.7 Å². The Morgan fingerprint density at radius 2 is 1.81 bits per heavy atom. The summed E-state index contributed by atoms with van der Waals surface area (Å²) in [5, 5.41) is 2.70. The van der Waals surface area contributed by atoms with Crippen LogP contribution in [0.1, 0.15) is 37.0 Å². The molecule has 2 heterocycles. The van der Waals surface area contributed by atoms with E-state index in [1.54, 1.807) is 31.2 Å². The van der Waals surface area contributed by atoms with E-state index in [0.717, 1.165) is 12.8 Å². The van der Waals surface area contributed by atoms with Gasteiger partial charge in [-0.25, -0.2) is 0 Å². The van der Waals surface area contributed by atoms with Crippen LogP contribution in [0.25, 0.3) is 0 Å². The lowest BCUT2D eigenvalue weighted by molar-refractivity contribution is -0.145. The van der Waals surface area contributed by atoms with E-state index >= 15 is 0 Å². The van der Waals surface area contributed by atoms with Crippen LogP contribution in [0.3, 0.4) is 0 Å². The Bertz CT molecular complexity index is 710. The number of hydrogen-bond donors (Lipinski definition) is 1. The summed E-state index contributed by atoms with van der Waals surface area (Å²) in [7, 11) is 0. The van der Waals surface area contributed by atoms with E-state index in [2.05, 4.69) is 5.32 Å². The number of anilines is 1. The molecule has 1 spiro atoms. The van der Waals surface area contributed by atoms with Crippen LogP contribution < -0.4 is 5.32 Å². The van der Waals surface area contributed by atoms with Gasteiger partial charge in [0.1, 0.15) is 0 Å². The molecule has 1 aromatic carbocycles.